The summed E-state index contributed by atoms with van der Waals surface area (Å²) >= 11 is 0. The van der Waals surface area contributed by atoms with Gasteiger partial charge in [0.25, 0.3) is 0 Å². The van der Waals surface area contributed by atoms with Gasteiger partial charge in [-0.15, -0.1) is 0 Å². The van der Waals surface area contributed by atoms with Crippen molar-refractivity contribution < 1.29 is 44.2 Å². The van der Waals surface area contributed by atoms with Crippen molar-refractivity contribution in [3.05, 3.63) is 11.6 Å². The fourth-order valence-electron chi connectivity index (χ4n) is 10.2. The number of hydrogen-bond acceptors (Lipinski definition) is 9. The molecule has 220 valence electrons. The summed E-state index contributed by atoms with van der Waals surface area (Å²) in [5, 5.41) is 44.7. The molecule has 0 spiro atoms. The summed E-state index contributed by atoms with van der Waals surface area (Å²) < 4.78 is 22.7. The monoisotopic (exact) mass is 550 g/mol. The van der Waals surface area contributed by atoms with Gasteiger partial charge in [0.1, 0.15) is 24.9 Å². The third kappa shape index (κ3) is 4.09. The third-order valence-electron chi connectivity index (χ3n) is 12.3. The van der Waals surface area contributed by atoms with E-state index in [0.717, 1.165) is 50.5 Å². The summed E-state index contributed by atoms with van der Waals surface area (Å²) in [6.07, 6.45) is 3.40. The maximum Gasteiger partial charge on any atom is 0.331 e. The van der Waals surface area contributed by atoms with E-state index < -0.39 is 47.8 Å². The molecule has 4 N–H and O–H groups in total. The van der Waals surface area contributed by atoms with Gasteiger partial charge < -0.3 is 39.4 Å². The first kappa shape index (κ1) is 28.1. The van der Waals surface area contributed by atoms with Gasteiger partial charge in [-0.3, -0.25) is 0 Å². The van der Waals surface area contributed by atoms with Crippen molar-refractivity contribution in [2.45, 2.75) is 121 Å². The van der Waals surface area contributed by atoms with Gasteiger partial charge in [-0.05, 0) is 80.6 Å². The van der Waals surface area contributed by atoms with E-state index >= 15 is 0 Å². The number of rotatable bonds is 4. The molecule has 5 fully saturated rings. The van der Waals surface area contributed by atoms with Gasteiger partial charge in [0, 0.05) is 30.9 Å². The number of ether oxygens (including phenoxy) is 4. The van der Waals surface area contributed by atoms with Crippen molar-refractivity contribution in [3.8, 4) is 0 Å². The average molecular weight is 551 g/mol. The normalized spacial score (nSPS) is 55.3. The Morgan fingerprint density at radius 3 is 2.49 bits per heavy atom. The lowest BCUT2D eigenvalue weighted by Gasteiger charge is -2.63. The van der Waals surface area contributed by atoms with Crippen LogP contribution in [0.25, 0.3) is 0 Å². The first-order valence-electron chi connectivity index (χ1n) is 14.9. The fourth-order valence-corrected chi connectivity index (χ4v) is 10.2. The van der Waals surface area contributed by atoms with E-state index in [4.69, 9.17) is 18.9 Å². The molecule has 4 saturated carbocycles. The Balaban J connectivity index is 1.17. The van der Waals surface area contributed by atoms with Crippen molar-refractivity contribution in [2.75, 3.05) is 13.7 Å². The van der Waals surface area contributed by atoms with Crippen LogP contribution >= 0.6 is 0 Å². The van der Waals surface area contributed by atoms with Gasteiger partial charge in [0.15, 0.2) is 6.29 Å². The molecule has 6 rings (SSSR count). The lowest BCUT2D eigenvalue weighted by Crippen LogP contribution is -2.62. The average Bonchev–Trinajstić information content (AvgIpc) is 3.39. The zero-order valence-electron chi connectivity index (χ0n) is 23.6. The predicted molar refractivity (Wildman–Crippen MR) is 139 cm³/mol. The number of aliphatic hydroxyl groups excluding tert-OH is 3. The van der Waals surface area contributed by atoms with E-state index in [1.165, 1.54) is 13.2 Å². The molecular weight excluding hydrogens is 504 g/mol. The largest absolute Gasteiger partial charge is 0.458 e. The summed E-state index contributed by atoms with van der Waals surface area (Å²) in [6, 6.07) is 0. The maximum absolute atomic E-state index is 12.4. The minimum absolute atomic E-state index is 0.0547. The number of esters is 1. The molecule has 7 unspecified atom stereocenters. The van der Waals surface area contributed by atoms with Crippen LogP contribution in [-0.2, 0) is 23.7 Å². The van der Waals surface area contributed by atoms with Crippen molar-refractivity contribution in [3.63, 3.8) is 0 Å². The molecule has 2 aliphatic heterocycles. The van der Waals surface area contributed by atoms with Gasteiger partial charge in [0.05, 0.1) is 23.9 Å². The Kier molecular flexibility index (Phi) is 7.02. The van der Waals surface area contributed by atoms with E-state index in [2.05, 4.69) is 13.8 Å². The summed E-state index contributed by atoms with van der Waals surface area (Å²) in [6.45, 7) is 6.48. The highest BCUT2D eigenvalue weighted by Crippen LogP contribution is 2.70. The molecule has 1 saturated heterocycles. The Morgan fingerprint density at radius 1 is 1.03 bits per heavy atom. The summed E-state index contributed by atoms with van der Waals surface area (Å²) in [5.41, 5.74) is -0.601. The highest BCUT2D eigenvalue weighted by Gasteiger charge is 2.70. The molecule has 9 heteroatoms. The zero-order chi connectivity index (χ0) is 27.9. The van der Waals surface area contributed by atoms with Crippen LogP contribution in [0.4, 0.5) is 0 Å². The number of carbonyl (C=O) groups is 1. The molecule has 6 aliphatic rings. The number of carbonyl (C=O) groups excluding carboxylic acids is 1. The second-order valence-corrected chi connectivity index (χ2v) is 13.9. The Bertz CT molecular complexity index is 1000. The van der Waals surface area contributed by atoms with Gasteiger partial charge in [-0.1, -0.05) is 13.8 Å². The van der Waals surface area contributed by atoms with Gasteiger partial charge in [0.2, 0.25) is 0 Å². The Labute approximate surface area is 230 Å². The van der Waals surface area contributed by atoms with Crippen LogP contribution in [0, 0.1) is 34.5 Å². The van der Waals surface area contributed by atoms with Gasteiger partial charge in [-0.25, -0.2) is 4.79 Å². The lowest BCUT2D eigenvalue weighted by atomic mass is 9.43. The van der Waals surface area contributed by atoms with Crippen LogP contribution in [-0.4, -0.2) is 88.6 Å². The molecule has 0 aromatic heterocycles. The van der Waals surface area contributed by atoms with Gasteiger partial charge in [-0.2, -0.15) is 0 Å². The highest BCUT2D eigenvalue weighted by molar-refractivity contribution is 5.85. The second-order valence-electron chi connectivity index (χ2n) is 13.9. The van der Waals surface area contributed by atoms with Crippen LogP contribution in [0.15, 0.2) is 11.6 Å². The van der Waals surface area contributed by atoms with E-state index in [9.17, 15) is 25.2 Å². The summed E-state index contributed by atoms with van der Waals surface area (Å²) in [7, 11) is 1.48. The molecule has 0 amide bonds. The van der Waals surface area contributed by atoms with Crippen LogP contribution in [0.3, 0.4) is 0 Å². The molecule has 4 aliphatic carbocycles. The van der Waals surface area contributed by atoms with Crippen molar-refractivity contribution in [1.29, 1.82) is 0 Å². The first-order valence-corrected chi connectivity index (χ1v) is 14.9. The van der Waals surface area contributed by atoms with Crippen LogP contribution < -0.4 is 0 Å². The third-order valence-corrected chi connectivity index (χ3v) is 12.3. The van der Waals surface area contributed by atoms with E-state index in [0.29, 0.717) is 18.3 Å². The molecule has 14 atom stereocenters. The number of methoxy groups -OCH3 is 1. The van der Waals surface area contributed by atoms with Crippen LogP contribution in [0.5, 0.6) is 0 Å². The molecule has 2 heterocycles. The first-order chi connectivity index (χ1) is 18.4. The molecule has 9 nitrogen and oxygen atoms in total. The van der Waals surface area contributed by atoms with E-state index in [1.807, 2.05) is 0 Å². The summed E-state index contributed by atoms with van der Waals surface area (Å²) in [4.78, 5) is 11.8. The smallest absolute Gasteiger partial charge is 0.331 e. The predicted octanol–water partition coefficient (Wildman–Crippen LogP) is 2.08. The van der Waals surface area contributed by atoms with E-state index in [1.54, 1.807) is 6.92 Å². The van der Waals surface area contributed by atoms with E-state index in [-0.39, 0.29) is 35.9 Å². The molecule has 0 aromatic rings. The Morgan fingerprint density at radius 2 is 1.79 bits per heavy atom. The minimum Gasteiger partial charge on any atom is -0.458 e. The standard InChI is InChI=1S/C30H46O9/c1-15-24(33)26(36-4)25(34)27(38-15)39-18-7-9-28(2)17(12-18)5-6-20-19(28)8-10-29(3)23(16-11-22(32)37-14-16)21(31)13-30(20,29)35/h11,15,17-21,23-27,31,33-35H,5-10,12-14H2,1-4H3/t15-,17?,18?,19?,20?,21?,23?,24+,25-,26+,27+,28+,29-,30?/m1/s1. The second kappa shape index (κ2) is 9.75. The maximum atomic E-state index is 12.4. The molecule has 0 aromatic carbocycles. The highest BCUT2D eigenvalue weighted by atomic mass is 16.7. The molecular formula is C30H46O9. The number of fused-ring (bicyclic) bond motifs is 5. The van der Waals surface area contributed by atoms with Crippen LogP contribution in [0.2, 0.25) is 0 Å². The Hall–Kier alpha value is -1.07. The van der Waals surface area contributed by atoms with Crippen molar-refractivity contribution in [2.24, 2.45) is 34.5 Å². The molecule has 0 bridgehead atoms. The molecule has 39 heavy (non-hydrogen) atoms. The number of aliphatic hydroxyl groups is 4. The zero-order valence-corrected chi connectivity index (χ0v) is 23.6. The van der Waals surface area contributed by atoms with Gasteiger partial charge >= 0.3 is 5.97 Å². The minimum atomic E-state index is -1.06. The molecule has 0 radical (unpaired) electrons. The van der Waals surface area contributed by atoms with Crippen molar-refractivity contribution in [1.82, 2.24) is 0 Å². The topological polar surface area (TPSA) is 135 Å². The number of cyclic esters (lactones) is 1. The fraction of sp³-hybridized carbons (Fsp3) is 0.900. The van der Waals surface area contributed by atoms with Crippen molar-refractivity contribution >= 4 is 5.97 Å². The quantitative estimate of drug-likeness (QED) is 0.307. The number of hydrogen-bond donors (Lipinski definition) is 4. The van der Waals surface area contributed by atoms with Crippen LogP contribution in [0.1, 0.15) is 72.1 Å². The summed E-state index contributed by atoms with van der Waals surface area (Å²) in [5.74, 6) is 0.260. The SMILES string of the molecule is CO[C@H]1[C@@H](O)[C@@H](C)O[C@@H](OC2CC[C@@]3(C)C(CCC4C3CC[C@]3(C)C(C5=CC(=O)OC5)C(O)CC43O)C2)[C@@H]1O. The lowest BCUT2D eigenvalue weighted by molar-refractivity contribution is -0.313.